The van der Waals surface area contributed by atoms with E-state index in [2.05, 4.69) is 6.58 Å². The molecule has 0 atom stereocenters. The molecule has 0 unspecified atom stereocenters. The van der Waals surface area contributed by atoms with Crippen LogP contribution in [0.5, 0.6) is 0 Å². The average Bonchev–Trinajstić information content (AvgIpc) is 2.39. The van der Waals surface area contributed by atoms with Crippen molar-refractivity contribution in [1.29, 1.82) is 0 Å². The maximum absolute atomic E-state index is 5.18. The van der Waals surface area contributed by atoms with E-state index in [9.17, 15) is 0 Å². The second-order valence-electron chi connectivity index (χ2n) is 3.12. The highest BCUT2D eigenvalue weighted by Crippen LogP contribution is 1.85. The molecule has 0 fully saturated rings. The Bertz CT molecular complexity index is 367. The van der Waals surface area contributed by atoms with Crippen molar-refractivity contribution in [3.8, 4) is 0 Å². The Balaban J connectivity index is 3.82. The fourth-order valence-corrected chi connectivity index (χ4v) is 0.913. The maximum Gasteiger partial charge on any atom is -0.0623 e. The van der Waals surface area contributed by atoms with Crippen LogP contribution in [-0.2, 0) is 0 Å². The van der Waals surface area contributed by atoms with Crippen LogP contribution >= 0.6 is 0 Å². The summed E-state index contributed by atoms with van der Waals surface area (Å²) in [5.74, 6) is 0. The quantitative estimate of drug-likeness (QED) is 0.516. The van der Waals surface area contributed by atoms with Crippen LogP contribution in [0.2, 0.25) is 0 Å². The Kier molecular flexibility index (Phi) is 12.8. The molecule has 0 saturated carbocycles. The lowest BCUT2D eigenvalue weighted by Gasteiger charge is -1.75. The van der Waals surface area contributed by atoms with Gasteiger partial charge in [-0.25, -0.2) is 0 Å². The predicted molar refractivity (Wildman–Crippen MR) is 83.0 cm³/mol. The van der Waals surface area contributed by atoms with E-state index in [0.29, 0.717) is 0 Å². The fraction of sp³-hybridized carbons (Fsp3) is 0. The molecule has 18 heavy (non-hydrogen) atoms. The third kappa shape index (κ3) is 13.7. The molecule has 91 valence electrons. The lowest BCUT2D eigenvalue weighted by atomic mass is 10.3. The van der Waals surface area contributed by atoms with Gasteiger partial charge in [-0.2, -0.15) is 0 Å². The number of allylic oxidation sites excluding steroid dienone is 16. The molecule has 0 rings (SSSR count). The zero-order valence-corrected chi connectivity index (χ0v) is 10.5. The number of hydrogen-bond acceptors (Lipinski definition) is 0. The van der Waals surface area contributed by atoms with Crippen molar-refractivity contribution >= 4 is 0 Å². The van der Waals surface area contributed by atoms with Gasteiger partial charge in [-0.1, -0.05) is 110 Å². The van der Waals surface area contributed by atoms with E-state index >= 15 is 0 Å². The number of rotatable bonds is 8. The van der Waals surface area contributed by atoms with Crippen LogP contribution in [0.1, 0.15) is 0 Å². The molecule has 0 aromatic heterocycles. The largest absolute Gasteiger partial charge is 0.0991 e. The van der Waals surface area contributed by atoms with E-state index < -0.39 is 0 Å². The van der Waals surface area contributed by atoms with E-state index in [4.69, 9.17) is 6.58 Å². The standard InChI is InChI=1S/C18H19/c1-3-5-7-9-11-13-15-17-18-16-14-12-10-8-6-4-2/h1,3-18H,2H2/b3-1?,7-5+,8-6+,11-9+,12-10+,15-13+,16-14+,18-17+. The number of hydrogen-bond donors (Lipinski definition) is 0. The fourth-order valence-electron chi connectivity index (χ4n) is 0.913. The van der Waals surface area contributed by atoms with Gasteiger partial charge in [0, 0.05) is 0 Å². The van der Waals surface area contributed by atoms with E-state index in [-0.39, 0.29) is 0 Å². The normalized spacial score (nSPS) is 13.6. The van der Waals surface area contributed by atoms with Crippen molar-refractivity contribution in [3.63, 3.8) is 0 Å². The first-order chi connectivity index (χ1) is 8.91. The molecule has 0 aliphatic heterocycles. The molecule has 0 N–H and O–H groups in total. The van der Waals surface area contributed by atoms with Gasteiger partial charge in [0.1, 0.15) is 0 Å². The van der Waals surface area contributed by atoms with Crippen molar-refractivity contribution in [2.45, 2.75) is 0 Å². The van der Waals surface area contributed by atoms with E-state index in [1.54, 1.807) is 12.2 Å². The highest BCUT2D eigenvalue weighted by Gasteiger charge is 1.63. The van der Waals surface area contributed by atoms with Crippen molar-refractivity contribution in [1.82, 2.24) is 0 Å². The molecule has 0 heterocycles. The summed E-state index contributed by atoms with van der Waals surface area (Å²) in [4.78, 5) is 0. The summed E-state index contributed by atoms with van der Waals surface area (Å²) in [5.41, 5.74) is 0. The zero-order valence-electron chi connectivity index (χ0n) is 10.5. The first kappa shape index (κ1) is 15.7. The molecule has 1 radical (unpaired) electrons. The van der Waals surface area contributed by atoms with E-state index in [1.807, 2.05) is 79.0 Å². The first-order valence-corrected chi connectivity index (χ1v) is 5.74. The topological polar surface area (TPSA) is 0 Å². The average molecular weight is 235 g/mol. The summed E-state index contributed by atoms with van der Waals surface area (Å²) >= 11 is 0. The molecule has 0 nitrogen and oxygen atoms in total. The van der Waals surface area contributed by atoms with Crippen LogP contribution in [0.3, 0.4) is 0 Å². The molecule has 0 heteroatoms. The molecule has 0 aliphatic carbocycles. The molecule has 0 aromatic carbocycles. The van der Waals surface area contributed by atoms with Gasteiger partial charge in [0.25, 0.3) is 0 Å². The van der Waals surface area contributed by atoms with E-state index in [0.717, 1.165) is 0 Å². The van der Waals surface area contributed by atoms with Gasteiger partial charge < -0.3 is 0 Å². The minimum Gasteiger partial charge on any atom is -0.0991 e. The van der Waals surface area contributed by atoms with Crippen LogP contribution < -0.4 is 0 Å². The van der Waals surface area contributed by atoms with Gasteiger partial charge in [-0.3, -0.25) is 0 Å². The second-order valence-corrected chi connectivity index (χ2v) is 3.12. The third-order valence-electron chi connectivity index (χ3n) is 1.69. The Hall–Kier alpha value is -2.34. The Morgan fingerprint density at radius 1 is 0.444 bits per heavy atom. The molecular formula is C18H19. The third-order valence-corrected chi connectivity index (χ3v) is 1.69. The highest BCUT2D eigenvalue weighted by atomic mass is 13.7. The van der Waals surface area contributed by atoms with Crippen LogP contribution in [-0.4, -0.2) is 0 Å². The maximum atomic E-state index is 5.18. The highest BCUT2D eigenvalue weighted by molar-refractivity contribution is 5.21. The van der Waals surface area contributed by atoms with Crippen LogP contribution in [0.25, 0.3) is 0 Å². The second kappa shape index (κ2) is 14.7. The molecule has 0 spiro atoms. The first-order valence-electron chi connectivity index (χ1n) is 5.74. The minimum absolute atomic E-state index is 1.50. The monoisotopic (exact) mass is 235 g/mol. The lowest BCUT2D eigenvalue weighted by Crippen LogP contribution is -1.53. The van der Waals surface area contributed by atoms with Gasteiger partial charge in [0.15, 0.2) is 0 Å². The predicted octanol–water partition coefficient (Wildman–Crippen LogP) is 5.05. The van der Waals surface area contributed by atoms with Gasteiger partial charge in [0.05, 0.1) is 0 Å². The van der Waals surface area contributed by atoms with Crippen molar-refractivity contribution in [3.05, 3.63) is 110 Å². The van der Waals surface area contributed by atoms with Gasteiger partial charge in [-0.15, -0.1) is 0 Å². The zero-order chi connectivity index (χ0) is 13.3. The summed E-state index contributed by atoms with van der Waals surface area (Å²) in [6, 6.07) is 0. The van der Waals surface area contributed by atoms with Crippen LogP contribution in [0.4, 0.5) is 0 Å². The SMILES string of the molecule is [CH]=C/C=C/C=C/C=C/C=C/C=C/C=C/C=C/C=C. The summed E-state index contributed by atoms with van der Waals surface area (Å²) < 4.78 is 0. The van der Waals surface area contributed by atoms with Crippen LogP contribution in [0.15, 0.2) is 104 Å². The molecule has 0 bridgehead atoms. The van der Waals surface area contributed by atoms with Gasteiger partial charge in [0.2, 0.25) is 0 Å². The summed E-state index contributed by atoms with van der Waals surface area (Å²) in [7, 11) is 0. The molecule has 0 amide bonds. The molecule has 0 aliphatic rings. The summed E-state index contributed by atoms with van der Waals surface area (Å²) in [6.07, 6.45) is 30.2. The van der Waals surface area contributed by atoms with E-state index in [1.165, 1.54) is 6.08 Å². The molecule has 0 aromatic rings. The van der Waals surface area contributed by atoms with Crippen LogP contribution in [0, 0.1) is 6.58 Å². The minimum atomic E-state index is 1.50. The Morgan fingerprint density at radius 3 is 1.00 bits per heavy atom. The molecule has 0 saturated heterocycles. The Labute approximate surface area is 111 Å². The van der Waals surface area contributed by atoms with Crippen molar-refractivity contribution in [2.24, 2.45) is 0 Å². The molecular weight excluding hydrogens is 216 g/mol. The lowest BCUT2D eigenvalue weighted by molar-refractivity contribution is 1.83. The summed E-state index contributed by atoms with van der Waals surface area (Å²) in [6.45, 7) is 8.76. The van der Waals surface area contributed by atoms with Crippen molar-refractivity contribution < 1.29 is 0 Å². The van der Waals surface area contributed by atoms with Crippen molar-refractivity contribution in [2.75, 3.05) is 0 Å². The Morgan fingerprint density at radius 2 is 0.722 bits per heavy atom. The summed E-state index contributed by atoms with van der Waals surface area (Å²) in [5, 5.41) is 0. The smallest absolute Gasteiger partial charge is 0.0623 e. The van der Waals surface area contributed by atoms with Gasteiger partial charge >= 0.3 is 0 Å². The van der Waals surface area contributed by atoms with Gasteiger partial charge in [-0.05, 0) is 0 Å².